The Balaban J connectivity index is 1.82. The van der Waals surface area contributed by atoms with Gasteiger partial charge < -0.3 is 15.3 Å². The van der Waals surface area contributed by atoms with E-state index in [2.05, 4.69) is 0 Å². The van der Waals surface area contributed by atoms with Crippen LogP contribution in [0.1, 0.15) is 31.9 Å². The topological polar surface area (TPSA) is 94.8 Å². The van der Waals surface area contributed by atoms with Crippen LogP contribution in [0.15, 0.2) is 66.3 Å². The summed E-state index contributed by atoms with van der Waals surface area (Å²) >= 11 is 0. The highest BCUT2D eigenvalue weighted by molar-refractivity contribution is 6.26. The molecule has 164 valence electrons. The highest BCUT2D eigenvalue weighted by Gasteiger charge is 2.70. The minimum absolute atomic E-state index is 0.0683. The summed E-state index contributed by atoms with van der Waals surface area (Å²) in [6, 6.07) is 13.1. The van der Waals surface area contributed by atoms with Crippen LogP contribution in [0.4, 0.5) is 0 Å². The maximum Gasteiger partial charge on any atom is 0.173 e. The average molecular weight is 431 g/mol. The van der Waals surface area contributed by atoms with E-state index in [1.165, 1.54) is 19.1 Å². The first-order valence-corrected chi connectivity index (χ1v) is 10.9. The summed E-state index contributed by atoms with van der Waals surface area (Å²) in [5, 5.41) is 30.8. The molecule has 4 aliphatic carbocycles. The zero-order valence-electron chi connectivity index (χ0n) is 18.2. The summed E-state index contributed by atoms with van der Waals surface area (Å²) < 4.78 is 0. The number of carbonyl (C=O) groups is 2. The van der Waals surface area contributed by atoms with Gasteiger partial charge >= 0.3 is 0 Å². The van der Waals surface area contributed by atoms with Crippen LogP contribution >= 0.6 is 0 Å². The first kappa shape index (κ1) is 20.7. The first-order chi connectivity index (χ1) is 15.1. The van der Waals surface area contributed by atoms with Crippen molar-refractivity contribution < 1.29 is 24.9 Å². The van der Waals surface area contributed by atoms with E-state index in [0.717, 1.165) is 11.1 Å². The normalized spacial score (nSPS) is 33.3. The first-order valence-electron chi connectivity index (χ1n) is 10.9. The van der Waals surface area contributed by atoms with Crippen LogP contribution in [0.3, 0.4) is 0 Å². The van der Waals surface area contributed by atoms with E-state index in [9.17, 15) is 24.9 Å². The van der Waals surface area contributed by atoms with Gasteiger partial charge in [-0.1, -0.05) is 55.8 Å². The van der Waals surface area contributed by atoms with Gasteiger partial charge in [0.1, 0.15) is 17.1 Å². The average Bonchev–Trinajstić information content (AvgIpc) is 3.06. The molecule has 0 spiro atoms. The zero-order chi connectivity index (χ0) is 23.0. The number of hydrogen-bond donors (Lipinski definition) is 3. The molecule has 2 aromatic rings. The van der Waals surface area contributed by atoms with Crippen LogP contribution in [-0.4, -0.2) is 32.5 Å². The minimum Gasteiger partial charge on any atom is -0.508 e. The Bertz CT molecular complexity index is 1180. The molecule has 4 aliphatic rings. The third kappa shape index (κ3) is 2.54. The lowest BCUT2D eigenvalue weighted by Crippen LogP contribution is -2.66. The number of phenolic OH excluding ortho intramolecular Hbond substituents is 2. The summed E-state index contributed by atoms with van der Waals surface area (Å²) in [6.45, 7) is 5.57. The van der Waals surface area contributed by atoms with Crippen molar-refractivity contribution in [2.24, 2.45) is 23.7 Å². The van der Waals surface area contributed by atoms with Gasteiger partial charge in [-0.3, -0.25) is 9.59 Å². The van der Waals surface area contributed by atoms with Crippen LogP contribution < -0.4 is 0 Å². The number of benzene rings is 2. The maximum absolute atomic E-state index is 13.9. The van der Waals surface area contributed by atoms with Gasteiger partial charge in [-0.25, -0.2) is 0 Å². The van der Waals surface area contributed by atoms with Crippen molar-refractivity contribution >= 4 is 17.1 Å². The van der Waals surface area contributed by atoms with Crippen LogP contribution in [-0.2, 0) is 15.0 Å². The number of hydrogen-bond acceptors (Lipinski definition) is 5. The van der Waals surface area contributed by atoms with Gasteiger partial charge in [0.15, 0.2) is 11.6 Å². The van der Waals surface area contributed by atoms with E-state index in [0.29, 0.717) is 11.1 Å². The van der Waals surface area contributed by atoms with Crippen molar-refractivity contribution in [2.45, 2.75) is 31.8 Å². The van der Waals surface area contributed by atoms with Crippen LogP contribution in [0.25, 0.3) is 5.57 Å². The van der Waals surface area contributed by atoms with E-state index >= 15 is 0 Å². The highest BCUT2D eigenvalue weighted by Crippen LogP contribution is 2.64. The Morgan fingerprint density at radius 2 is 1.47 bits per heavy atom. The quantitative estimate of drug-likeness (QED) is 0.644. The predicted octanol–water partition coefficient (Wildman–Crippen LogP) is 3.78. The van der Waals surface area contributed by atoms with Crippen molar-refractivity contribution in [1.82, 2.24) is 0 Å². The molecule has 5 unspecified atom stereocenters. The maximum atomic E-state index is 13.9. The van der Waals surface area contributed by atoms with Crippen molar-refractivity contribution in [3.8, 4) is 11.5 Å². The molecule has 3 N–H and O–H groups in total. The molecule has 0 amide bonds. The molecular weight excluding hydrogens is 404 g/mol. The number of fused-ring (bicyclic) bond motifs is 1. The van der Waals surface area contributed by atoms with Gasteiger partial charge in [-0.15, -0.1) is 0 Å². The summed E-state index contributed by atoms with van der Waals surface area (Å²) in [5.41, 5.74) is 0.276. The second-order valence-corrected chi connectivity index (χ2v) is 9.72. The molecule has 0 radical (unpaired) electrons. The molecule has 0 heterocycles. The van der Waals surface area contributed by atoms with E-state index in [4.69, 9.17) is 0 Å². The molecule has 1 saturated carbocycles. The molecule has 0 saturated heterocycles. The zero-order valence-corrected chi connectivity index (χ0v) is 18.2. The minimum atomic E-state index is -1.64. The summed E-state index contributed by atoms with van der Waals surface area (Å²) in [7, 11) is 0. The van der Waals surface area contributed by atoms with Crippen molar-refractivity contribution in [3.05, 3.63) is 77.4 Å². The smallest absolute Gasteiger partial charge is 0.173 e. The Morgan fingerprint density at radius 3 is 2.03 bits per heavy atom. The largest absolute Gasteiger partial charge is 0.508 e. The van der Waals surface area contributed by atoms with E-state index in [1.807, 2.05) is 26.0 Å². The van der Waals surface area contributed by atoms with E-state index < -0.39 is 28.8 Å². The monoisotopic (exact) mass is 430 g/mol. The molecule has 32 heavy (non-hydrogen) atoms. The van der Waals surface area contributed by atoms with Gasteiger partial charge in [-0.05, 0) is 48.2 Å². The molecule has 0 aromatic heterocycles. The van der Waals surface area contributed by atoms with Crippen molar-refractivity contribution in [1.29, 1.82) is 0 Å². The molecule has 5 heteroatoms. The predicted molar refractivity (Wildman–Crippen MR) is 120 cm³/mol. The van der Waals surface area contributed by atoms with Crippen LogP contribution in [0.5, 0.6) is 11.5 Å². The second kappa shape index (κ2) is 6.66. The van der Waals surface area contributed by atoms with E-state index in [-0.39, 0.29) is 29.0 Å². The SMILES string of the molecule is CC(C)C1=CC2C3C(=O)C(c4ccc(O)cc4)=CC3(c3ccc(O)cc3)C1C(=O)C2(C)O. The second-order valence-electron chi connectivity index (χ2n) is 9.72. The van der Waals surface area contributed by atoms with Gasteiger partial charge in [0, 0.05) is 22.8 Å². The Kier molecular flexibility index (Phi) is 4.31. The lowest BCUT2D eigenvalue weighted by Gasteiger charge is -2.57. The van der Waals surface area contributed by atoms with Gasteiger partial charge in [0.25, 0.3) is 0 Å². The molecule has 2 aromatic carbocycles. The number of allylic oxidation sites excluding steroid dienone is 3. The fourth-order valence-electron chi connectivity index (χ4n) is 6.07. The number of carbonyl (C=O) groups excluding carboxylic acids is 2. The summed E-state index contributed by atoms with van der Waals surface area (Å²) in [5.74, 6) is -2.10. The molecule has 0 aliphatic heterocycles. The summed E-state index contributed by atoms with van der Waals surface area (Å²) in [4.78, 5) is 27.6. The number of ketones is 2. The third-order valence-corrected chi connectivity index (χ3v) is 7.61. The van der Waals surface area contributed by atoms with Gasteiger partial charge in [-0.2, -0.15) is 0 Å². The Labute approximate surface area is 186 Å². The molecule has 6 rings (SSSR count). The number of rotatable bonds is 3. The van der Waals surface area contributed by atoms with Gasteiger partial charge in [0.2, 0.25) is 0 Å². The number of aromatic hydroxyl groups is 2. The molecular formula is C27H26O5. The Hall–Kier alpha value is -3.18. The van der Waals surface area contributed by atoms with E-state index in [1.54, 1.807) is 36.4 Å². The lowest BCUT2D eigenvalue weighted by atomic mass is 9.44. The summed E-state index contributed by atoms with van der Waals surface area (Å²) in [6.07, 6.45) is 3.85. The van der Waals surface area contributed by atoms with Crippen LogP contribution in [0, 0.1) is 23.7 Å². The molecule has 5 nitrogen and oxygen atoms in total. The standard InChI is InChI=1S/C27H26O5/c1-14(2)19-12-21-23-24(30)20(15-4-8-17(28)9-5-15)13-27(23,16-6-10-18(29)11-7-16)22(19)25(31)26(21,3)32/h4-14,21-23,28-29,32H,1-3H3. The number of aliphatic hydroxyl groups is 1. The number of phenols is 2. The van der Waals surface area contributed by atoms with Crippen molar-refractivity contribution in [3.63, 3.8) is 0 Å². The molecule has 5 atom stereocenters. The van der Waals surface area contributed by atoms with Crippen molar-refractivity contribution in [2.75, 3.05) is 0 Å². The molecule has 2 bridgehead atoms. The highest BCUT2D eigenvalue weighted by atomic mass is 16.3. The Morgan fingerprint density at radius 1 is 0.906 bits per heavy atom. The molecule has 1 fully saturated rings. The van der Waals surface area contributed by atoms with Crippen LogP contribution in [0.2, 0.25) is 0 Å². The lowest BCUT2D eigenvalue weighted by molar-refractivity contribution is -0.161. The fraction of sp³-hybridized carbons (Fsp3) is 0.333. The third-order valence-electron chi connectivity index (χ3n) is 7.61. The number of Topliss-reactive ketones (excluding diaryl/α,β-unsaturated/α-hetero) is 2. The fourth-order valence-corrected chi connectivity index (χ4v) is 6.07. The van der Waals surface area contributed by atoms with Gasteiger partial charge in [0.05, 0.1) is 5.92 Å².